The number of hydrogen-bond acceptors (Lipinski definition) is 4. The molecule has 2 aromatic rings. The highest BCUT2D eigenvalue weighted by atomic mass is 79.9. The molecular weight excluding hydrogens is 305 g/mol. The Hall–Kier alpha value is -1.33. The molecule has 0 spiro atoms. The Morgan fingerprint density at radius 2 is 2.18 bits per heavy atom. The number of hydrogen-bond donors (Lipinski definition) is 1. The van der Waals surface area contributed by atoms with Crippen LogP contribution in [0.3, 0.4) is 0 Å². The first-order valence-corrected chi connectivity index (χ1v) is 5.95. The van der Waals surface area contributed by atoms with Crippen molar-refractivity contribution in [2.45, 2.75) is 0 Å². The molecule has 0 fully saturated rings. The molecule has 2 rings (SSSR count). The Kier molecular flexibility index (Phi) is 3.81. The minimum atomic E-state index is 0.278. The summed E-state index contributed by atoms with van der Waals surface area (Å²) in [5.74, 6) is 0.958. The molecule has 0 aliphatic rings. The summed E-state index contributed by atoms with van der Waals surface area (Å²) < 4.78 is 6.12. The van der Waals surface area contributed by atoms with Gasteiger partial charge < -0.3 is 10.1 Å². The molecule has 0 saturated heterocycles. The summed E-state index contributed by atoms with van der Waals surface area (Å²) in [6.45, 7) is 0. The molecule has 0 radical (unpaired) electrons. The van der Waals surface area contributed by atoms with E-state index in [1.807, 2.05) is 24.3 Å². The van der Waals surface area contributed by atoms with Gasteiger partial charge in [-0.15, -0.1) is 0 Å². The second kappa shape index (κ2) is 5.33. The minimum Gasteiger partial charge on any atom is -0.490 e. The van der Waals surface area contributed by atoms with E-state index < -0.39 is 0 Å². The van der Waals surface area contributed by atoms with Crippen molar-refractivity contribution >= 4 is 39.0 Å². The van der Waals surface area contributed by atoms with Gasteiger partial charge in [0, 0.05) is 10.2 Å². The largest absolute Gasteiger partial charge is 0.490 e. The summed E-state index contributed by atoms with van der Waals surface area (Å²) in [6.07, 6.45) is 1.38. The van der Waals surface area contributed by atoms with Crippen LogP contribution in [0.25, 0.3) is 0 Å². The number of ether oxygens (including phenoxy) is 1. The zero-order valence-electron chi connectivity index (χ0n) is 8.95. The molecule has 1 aromatic heterocycles. The summed E-state index contributed by atoms with van der Waals surface area (Å²) in [5, 5.41) is 3.39. The lowest BCUT2D eigenvalue weighted by atomic mass is 10.3. The Morgan fingerprint density at radius 1 is 1.35 bits per heavy atom. The normalized spacial score (nSPS) is 10.1. The monoisotopic (exact) mass is 313 g/mol. The van der Waals surface area contributed by atoms with Crippen LogP contribution >= 0.6 is 27.5 Å². The molecule has 1 heterocycles. The standard InChI is InChI=1S/C11H9BrClN3O/c1-17-9-10(13)14-6-15-11(9)16-8-4-2-3-7(12)5-8/h2-6H,1H3,(H,14,15,16). The maximum atomic E-state index is 5.90. The Balaban J connectivity index is 2.33. The van der Waals surface area contributed by atoms with Crippen LogP contribution in [0.5, 0.6) is 5.75 Å². The minimum absolute atomic E-state index is 0.278. The van der Waals surface area contributed by atoms with Gasteiger partial charge in [-0.1, -0.05) is 33.6 Å². The van der Waals surface area contributed by atoms with E-state index in [1.165, 1.54) is 13.4 Å². The second-order valence-electron chi connectivity index (χ2n) is 3.18. The highest BCUT2D eigenvalue weighted by molar-refractivity contribution is 9.10. The molecule has 88 valence electrons. The van der Waals surface area contributed by atoms with Gasteiger partial charge >= 0.3 is 0 Å². The number of rotatable bonds is 3. The molecule has 4 nitrogen and oxygen atoms in total. The van der Waals surface area contributed by atoms with Gasteiger partial charge in [0.15, 0.2) is 16.7 Å². The topological polar surface area (TPSA) is 47.0 Å². The molecule has 6 heteroatoms. The molecule has 0 amide bonds. The predicted molar refractivity (Wildman–Crippen MR) is 71.0 cm³/mol. The van der Waals surface area contributed by atoms with Crippen molar-refractivity contribution in [3.05, 3.63) is 40.2 Å². The molecule has 0 saturated carbocycles. The Morgan fingerprint density at radius 3 is 2.88 bits per heavy atom. The number of nitrogens with one attached hydrogen (secondary N) is 1. The average Bonchev–Trinajstić information content (AvgIpc) is 2.29. The van der Waals surface area contributed by atoms with E-state index in [-0.39, 0.29) is 5.15 Å². The lowest BCUT2D eigenvalue weighted by Crippen LogP contribution is -1.99. The number of nitrogens with zero attached hydrogens (tertiary/aromatic N) is 2. The van der Waals surface area contributed by atoms with Crippen LogP contribution in [0.2, 0.25) is 5.15 Å². The third kappa shape index (κ3) is 2.87. The van der Waals surface area contributed by atoms with Gasteiger partial charge in [-0.3, -0.25) is 0 Å². The summed E-state index contributed by atoms with van der Waals surface area (Å²) in [6, 6.07) is 7.70. The number of benzene rings is 1. The van der Waals surface area contributed by atoms with Gasteiger partial charge in [0.1, 0.15) is 6.33 Å². The predicted octanol–water partition coefficient (Wildman–Crippen LogP) is 3.64. The van der Waals surface area contributed by atoms with Crippen LogP contribution < -0.4 is 10.1 Å². The third-order valence-corrected chi connectivity index (χ3v) is 2.81. The van der Waals surface area contributed by atoms with E-state index in [0.29, 0.717) is 11.6 Å². The van der Waals surface area contributed by atoms with Crippen LogP contribution in [-0.4, -0.2) is 17.1 Å². The highest BCUT2D eigenvalue weighted by Crippen LogP contribution is 2.31. The van der Waals surface area contributed by atoms with Crippen molar-refractivity contribution in [3.8, 4) is 5.75 Å². The van der Waals surface area contributed by atoms with Gasteiger partial charge in [0.05, 0.1) is 7.11 Å². The van der Waals surface area contributed by atoms with Crippen molar-refractivity contribution in [3.63, 3.8) is 0 Å². The van der Waals surface area contributed by atoms with E-state index in [0.717, 1.165) is 10.2 Å². The zero-order chi connectivity index (χ0) is 12.3. The smallest absolute Gasteiger partial charge is 0.199 e. The van der Waals surface area contributed by atoms with Crippen LogP contribution in [0, 0.1) is 0 Å². The van der Waals surface area contributed by atoms with E-state index in [4.69, 9.17) is 16.3 Å². The first-order valence-electron chi connectivity index (χ1n) is 4.78. The fraction of sp³-hybridized carbons (Fsp3) is 0.0909. The summed E-state index contributed by atoms with van der Waals surface area (Å²) in [5.41, 5.74) is 0.882. The van der Waals surface area contributed by atoms with Gasteiger partial charge in [-0.25, -0.2) is 9.97 Å². The van der Waals surface area contributed by atoms with Crippen molar-refractivity contribution in [2.24, 2.45) is 0 Å². The van der Waals surface area contributed by atoms with Crippen LogP contribution in [0.1, 0.15) is 0 Å². The van der Waals surface area contributed by atoms with Crippen molar-refractivity contribution in [1.29, 1.82) is 0 Å². The van der Waals surface area contributed by atoms with Crippen molar-refractivity contribution in [2.75, 3.05) is 12.4 Å². The summed E-state index contributed by atoms with van der Waals surface area (Å²) >= 11 is 9.30. The molecular formula is C11H9BrClN3O. The van der Waals surface area contributed by atoms with Crippen LogP contribution in [0.4, 0.5) is 11.5 Å². The summed E-state index contributed by atoms with van der Waals surface area (Å²) in [4.78, 5) is 7.94. The Bertz CT molecular complexity index is 536. The fourth-order valence-electron chi connectivity index (χ4n) is 1.33. The maximum absolute atomic E-state index is 5.90. The quantitative estimate of drug-likeness (QED) is 0.879. The lowest BCUT2D eigenvalue weighted by Gasteiger charge is -2.10. The molecule has 1 aromatic carbocycles. The SMILES string of the molecule is COc1c(Cl)ncnc1Nc1cccc(Br)c1. The fourth-order valence-corrected chi connectivity index (χ4v) is 1.93. The van der Waals surface area contributed by atoms with Gasteiger partial charge in [-0.2, -0.15) is 0 Å². The van der Waals surface area contributed by atoms with Gasteiger partial charge in [0.25, 0.3) is 0 Å². The molecule has 17 heavy (non-hydrogen) atoms. The van der Waals surface area contributed by atoms with Crippen LogP contribution in [-0.2, 0) is 0 Å². The summed E-state index contributed by atoms with van der Waals surface area (Å²) in [7, 11) is 1.52. The molecule has 0 aliphatic carbocycles. The zero-order valence-corrected chi connectivity index (χ0v) is 11.3. The van der Waals surface area contributed by atoms with E-state index in [2.05, 4.69) is 31.2 Å². The molecule has 0 atom stereocenters. The van der Waals surface area contributed by atoms with Crippen molar-refractivity contribution < 1.29 is 4.74 Å². The lowest BCUT2D eigenvalue weighted by molar-refractivity contribution is 0.413. The first-order chi connectivity index (χ1) is 8.20. The molecule has 0 bridgehead atoms. The highest BCUT2D eigenvalue weighted by Gasteiger charge is 2.10. The second-order valence-corrected chi connectivity index (χ2v) is 4.46. The molecule has 1 N–H and O–H groups in total. The van der Waals surface area contributed by atoms with E-state index >= 15 is 0 Å². The maximum Gasteiger partial charge on any atom is 0.199 e. The van der Waals surface area contributed by atoms with Crippen LogP contribution in [0.15, 0.2) is 35.1 Å². The first kappa shape index (κ1) is 12.1. The van der Waals surface area contributed by atoms with E-state index in [1.54, 1.807) is 0 Å². The molecule has 0 unspecified atom stereocenters. The molecule has 0 aliphatic heterocycles. The third-order valence-electron chi connectivity index (χ3n) is 2.05. The number of methoxy groups -OCH3 is 1. The van der Waals surface area contributed by atoms with Crippen molar-refractivity contribution in [1.82, 2.24) is 9.97 Å². The van der Waals surface area contributed by atoms with Gasteiger partial charge in [-0.05, 0) is 18.2 Å². The number of halogens is 2. The Labute approximate surface area is 112 Å². The van der Waals surface area contributed by atoms with E-state index in [9.17, 15) is 0 Å². The number of aromatic nitrogens is 2. The average molecular weight is 315 g/mol. The van der Waals surface area contributed by atoms with Gasteiger partial charge in [0.2, 0.25) is 0 Å². The number of anilines is 2.